The highest BCUT2D eigenvalue weighted by atomic mass is 15.2. The zero-order chi connectivity index (χ0) is 33.9. The molecule has 0 unspecified atom stereocenters. The van der Waals surface area contributed by atoms with Gasteiger partial charge in [-0.1, -0.05) is 78.9 Å². The Labute approximate surface area is 291 Å². The molecule has 1 fully saturated rings. The van der Waals surface area contributed by atoms with Crippen LogP contribution in [-0.4, -0.2) is 44.5 Å². The van der Waals surface area contributed by atoms with Crippen LogP contribution in [0.4, 0.5) is 5.82 Å². The standard InChI is InChI=1S/C22H17N3.C21H18N4/c1-2-6-18-15(4-1)5-3-7-19(18)22-20(16-10-12-23-13-11-16)14-21(24-25-22)17-8-9-17;1-25(2)20-14-19(16-9-11-22-12-10-16)21(24-23-20)18-8-7-15-5-3-4-6-17(15)13-18/h1-7,10-14,17H,8-9H2;3-14H,1-2H3. The zero-order valence-electron chi connectivity index (χ0n) is 28.0. The minimum absolute atomic E-state index is 0.578. The summed E-state index contributed by atoms with van der Waals surface area (Å²) in [6, 6.07) is 41.9. The van der Waals surface area contributed by atoms with Crippen LogP contribution in [0.5, 0.6) is 0 Å². The Hall–Kier alpha value is -6.34. The van der Waals surface area contributed by atoms with Crippen molar-refractivity contribution < 1.29 is 0 Å². The lowest BCUT2D eigenvalue weighted by atomic mass is 9.95. The minimum atomic E-state index is 0.578. The third kappa shape index (κ3) is 6.41. The number of aromatic nitrogens is 6. The SMILES string of the molecule is CN(C)c1cc(-c2ccncc2)c(-c2ccc3ccccc3c2)nn1.c1ccc2c(-c3nnc(C4CC4)cc3-c3ccncc3)cccc2c1. The van der Waals surface area contributed by atoms with Crippen molar-refractivity contribution in [1.29, 1.82) is 0 Å². The summed E-state index contributed by atoms with van der Waals surface area (Å²) in [7, 11) is 3.94. The van der Waals surface area contributed by atoms with Gasteiger partial charge >= 0.3 is 0 Å². The van der Waals surface area contributed by atoms with E-state index in [1.54, 1.807) is 12.4 Å². The highest BCUT2D eigenvalue weighted by Gasteiger charge is 2.27. The first kappa shape index (κ1) is 31.0. The normalized spacial score (nSPS) is 12.4. The molecule has 4 aromatic heterocycles. The molecule has 9 rings (SSSR count). The molecule has 0 spiro atoms. The van der Waals surface area contributed by atoms with Crippen LogP contribution in [0.15, 0.2) is 146 Å². The van der Waals surface area contributed by atoms with E-state index in [9.17, 15) is 0 Å². The quantitative estimate of drug-likeness (QED) is 0.177. The molecule has 0 bridgehead atoms. The number of pyridine rings is 2. The molecule has 8 aromatic rings. The molecule has 0 saturated heterocycles. The Balaban J connectivity index is 0.000000144. The molecule has 1 aliphatic carbocycles. The molecule has 0 aliphatic heterocycles. The van der Waals surface area contributed by atoms with Crippen molar-refractivity contribution in [2.45, 2.75) is 18.8 Å². The molecule has 0 N–H and O–H groups in total. The summed E-state index contributed by atoms with van der Waals surface area (Å²) in [4.78, 5) is 10.2. The van der Waals surface area contributed by atoms with Crippen LogP contribution in [0.2, 0.25) is 0 Å². The summed E-state index contributed by atoms with van der Waals surface area (Å²) in [6.07, 6.45) is 9.71. The van der Waals surface area contributed by atoms with Crippen LogP contribution in [0.1, 0.15) is 24.5 Å². The van der Waals surface area contributed by atoms with Crippen molar-refractivity contribution in [3.05, 3.63) is 152 Å². The maximum Gasteiger partial charge on any atom is 0.151 e. The molecule has 242 valence electrons. The van der Waals surface area contributed by atoms with Gasteiger partial charge in [-0.3, -0.25) is 9.97 Å². The van der Waals surface area contributed by atoms with E-state index in [0.717, 1.165) is 56.3 Å². The number of hydrogen-bond donors (Lipinski definition) is 0. The zero-order valence-corrected chi connectivity index (χ0v) is 28.0. The number of nitrogens with zero attached hydrogens (tertiary/aromatic N) is 7. The summed E-state index contributed by atoms with van der Waals surface area (Å²) in [5, 5.41) is 23.0. The van der Waals surface area contributed by atoms with Crippen molar-refractivity contribution in [3.63, 3.8) is 0 Å². The van der Waals surface area contributed by atoms with Crippen molar-refractivity contribution in [3.8, 4) is 44.8 Å². The molecule has 0 atom stereocenters. The molecule has 7 nitrogen and oxygen atoms in total. The second-order valence-corrected chi connectivity index (χ2v) is 12.7. The highest BCUT2D eigenvalue weighted by molar-refractivity contribution is 5.99. The van der Waals surface area contributed by atoms with Crippen LogP contribution in [0.3, 0.4) is 0 Å². The van der Waals surface area contributed by atoms with Gasteiger partial charge in [0.05, 0.1) is 5.69 Å². The summed E-state index contributed by atoms with van der Waals surface area (Å²) in [5.41, 5.74) is 9.51. The average molecular weight is 650 g/mol. The average Bonchev–Trinajstić information content (AvgIpc) is 4.04. The van der Waals surface area contributed by atoms with E-state index in [0.29, 0.717) is 5.92 Å². The molecular weight excluding hydrogens is 615 g/mol. The fourth-order valence-corrected chi connectivity index (χ4v) is 6.27. The first-order valence-corrected chi connectivity index (χ1v) is 16.8. The fourth-order valence-electron chi connectivity index (χ4n) is 6.27. The molecular formula is C43H35N7. The Morgan fingerprint density at radius 3 is 1.80 bits per heavy atom. The summed E-state index contributed by atoms with van der Waals surface area (Å²) in [5.74, 6) is 1.41. The maximum absolute atomic E-state index is 4.67. The van der Waals surface area contributed by atoms with Crippen molar-refractivity contribution >= 4 is 27.4 Å². The largest absolute Gasteiger partial charge is 0.361 e. The monoisotopic (exact) mass is 649 g/mol. The van der Waals surface area contributed by atoms with E-state index in [2.05, 4.69) is 127 Å². The number of rotatable bonds is 6. The predicted octanol–water partition coefficient (Wildman–Crippen LogP) is 9.66. The van der Waals surface area contributed by atoms with Crippen LogP contribution in [-0.2, 0) is 0 Å². The summed E-state index contributed by atoms with van der Waals surface area (Å²) >= 11 is 0. The van der Waals surface area contributed by atoms with Crippen LogP contribution in [0, 0.1) is 0 Å². The van der Waals surface area contributed by atoms with Crippen LogP contribution in [0.25, 0.3) is 66.3 Å². The van der Waals surface area contributed by atoms with E-state index in [4.69, 9.17) is 0 Å². The van der Waals surface area contributed by atoms with Crippen molar-refractivity contribution in [2.75, 3.05) is 19.0 Å². The summed E-state index contributed by atoms with van der Waals surface area (Å²) in [6.45, 7) is 0. The second-order valence-electron chi connectivity index (χ2n) is 12.7. The minimum Gasteiger partial charge on any atom is -0.361 e. The molecule has 1 saturated carbocycles. The van der Waals surface area contributed by atoms with Crippen molar-refractivity contribution in [2.24, 2.45) is 0 Å². The van der Waals surface area contributed by atoms with Gasteiger partial charge in [-0.05, 0) is 88.0 Å². The van der Waals surface area contributed by atoms with E-state index in [-0.39, 0.29) is 0 Å². The Bertz CT molecular complexity index is 2410. The van der Waals surface area contributed by atoms with Gasteiger partial charge in [0, 0.05) is 67.1 Å². The number of benzene rings is 4. The molecule has 0 amide bonds. The molecule has 0 radical (unpaired) electrons. The summed E-state index contributed by atoms with van der Waals surface area (Å²) < 4.78 is 0. The lowest BCUT2D eigenvalue weighted by Crippen LogP contribution is -2.12. The lowest BCUT2D eigenvalue weighted by Gasteiger charge is -2.15. The third-order valence-corrected chi connectivity index (χ3v) is 9.10. The molecule has 1 aliphatic rings. The van der Waals surface area contributed by atoms with Crippen LogP contribution >= 0.6 is 0 Å². The highest BCUT2D eigenvalue weighted by Crippen LogP contribution is 2.42. The van der Waals surface area contributed by atoms with Crippen molar-refractivity contribution in [1.82, 2.24) is 30.4 Å². The third-order valence-electron chi connectivity index (χ3n) is 9.10. The van der Waals surface area contributed by atoms with Gasteiger partial charge in [0.25, 0.3) is 0 Å². The molecule has 4 aromatic carbocycles. The van der Waals surface area contributed by atoms with Gasteiger partial charge in [0.2, 0.25) is 0 Å². The maximum atomic E-state index is 4.67. The van der Waals surface area contributed by atoms with Gasteiger partial charge < -0.3 is 4.90 Å². The van der Waals surface area contributed by atoms with E-state index >= 15 is 0 Å². The Morgan fingerprint density at radius 1 is 0.480 bits per heavy atom. The van der Waals surface area contributed by atoms with Crippen LogP contribution < -0.4 is 4.90 Å². The Kier molecular flexibility index (Phi) is 8.45. The fraction of sp³-hybridized carbons (Fsp3) is 0.116. The van der Waals surface area contributed by atoms with Gasteiger partial charge in [-0.2, -0.15) is 5.10 Å². The smallest absolute Gasteiger partial charge is 0.151 e. The predicted molar refractivity (Wildman–Crippen MR) is 203 cm³/mol. The molecule has 7 heteroatoms. The first-order valence-electron chi connectivity index (χ1n) is 16.8. The second kappa shape index (κ2) is 13.6. The molecule has 4 heterocycles. The molecule has 50 heavy (non-hydrogen) atoms. The van der Waals surface area contributed by atoms with E-state index in [1.165, 1.54) is 34.4 Å². The Morgan fingerprint density at radius 2 is 1.10 bits per heavy atom. The lowest BCUT2D eigenvalue weighted by molar-refractivity contribution is 0.917. The number of hydrogen-bond acceptors (Lipinski definition) is 7. The van der Waals surface area contributed by atoms with E-state index < -0.39 is 0 Å². The first-order chi connectivity index (χ1) is 24.6. The topological polar surface area (TPSA) is 80.6 Å². The number of fused-ring (bicyclic) bond motifs is 2. The van der Waals surface area contributed by atoms with Gasteiger partial charge in [-0.15, -0.1) is 15.3 Å². The van der Waals surface area contributed by atoms with E-state index in [1.807, 2.05) is 55.7 Å². The number of anilines is 1. The van der Waals surface area contributed by atoms with Gasteiger partial charge in [-0.25, -0.2) is 0 Å². The van der Waals surface area contributed by atoms with Gasteiger partial charge in [0.1, 0.15) is 11.4 Å². The van der Waals surface area contributed by atoms with Gasteiger partial charge in [0.15, 0.2) is 5.82 Å².